The second-order valence-corrected chi connectivity index (χ2v) is 4.64. The van der Waals surface area contributed by atoms with Gasteiger partial charge in [-0.05, 0) is 6.92 Å². The highest BCUT2D eigenvalue weighted by Gasteiger charge is 2.12. The summed E-state index contributed by atoms with van der Waals surface area (Å²) in [5, 5.41) is 9.15. The van der Waals surface area contributed by atoms with Gasteiger partial charge in [0.05, 0.1) is 11.9 Å². The van der Waals surface area contributed by atoms with Gasteiger partial charge in [0.1, 0.15) is 5.82 Å². The summed E-state index contributed by atoms with van der Waals surface area (Å²) in [6, 6.07) is 8.30. The summed E-state index contributed by atoms with van der Waals surface area (Å²) < 4.78 is 7.22. The van der Waals surface area contributed by atoms with E-state index in [9.17, 15) is 0 Å². The number of nitrogens with zero attached hydrogens (tertiary/aromatic N) is 3. The van der Waals surface area contributed by atoms with Gasteiger partial charge in [-0.2, -0.15) is 0 Å². The molecule has 18 heavy (non-hydrogen) atoms. The average Bonchev–Trinajstić information content (AvgIpc) is 2.80. The maximum absolute atomic E-state index is 5.13. The number of rotatable bonds is 5. The van der Waals surface area contributed by atoms with Gasteiger partial charge in [0, 0.05) is 19.2 Å². The quantitative estimate of drug-likeness (QED) is 0.797. The molecule has 0 unspecified atom stereocenters. The predicted molar refractivity (Wildman–Crippen MR) is 74.7 cm³/mol. The number of benzene rings is 1. The van der Waals surface area contributed by atoms with Crippen LogP contribution < -0.4 is 0 Å². The Bertz CT molecular complexity index is 507. The number of aromatic nitrogens is 3. The maximum Gasteiger partial charge on any atom is 0.164 e. The largest absolute Gasteiger partial charge is 0.383 e. The Hall–Kier alpha value is -1.20. The minimum Gasteiger partial charge on any atom is -0.383 e. The summed E-state index contributed by atoms with van der Waals surface area (Å²) in [6.45, 7) is 3.48. The van der Waals surface area contributed by atoms with Crippen molar-refractivity contribution >= 4 is 15.9 Å². The molecule has 0 aliphatic heterocycles. The van der Waals surface area contributed by atoms with Crippen molar-refractivity contribution in [3.63, 3.8) is 0 Å². The van der Waals surface area contributed by atoms with Crippen LogP contribution in [-0.2, 0) is 16.6 Å². The summed E-state index contributed by atoms with van der Waals surface area (Å²) in [7, 11) is 1.70. The van der Waals surface area contributed by atoms with Crippen LogP contribution in [0, 0.1) is 6.92 Å². The van der Waals surface area contributed by atoms with Crippen molar-refractivity contribution in [3.8, 4) is 11.4 Å². The van der Waals surface area contributed by atoms with Gasteiger partial charge in [-0.1, -0.05) is 45.8 Å². The smallest absolute Gasteiger partial charge is 0.164 e. The fraction of sp³-hybridized carbons (Fsp3) is 0.385. The lowest BCUT2D eigenvalue weighted by Gasteiger charge is -2.08. The van der Waals surface area contributed by atoms with Gasteiger partial charge < -0.3 is 9.30 Å². The summed E-state index contributed by atoms with van der Waals surface area (Å²) in [5.41, 5.74) is 2.32. The van der Waals surface area contributed by atoms with Crippen molar-refractivity contribution in [2.75, 3.05) is 13.7 Å². The first-order valence-corrected chi connectivity index (χ1v) is 6.92. The van der Waals surface area contributed by atoms with Crippen LogP contribution in [0.5, 0.6) is 0 Å². The normalized spacial score (nSPS) is 10.8. The number of methoxy groups -OCH3 is 1. The summed E-state index contributed by atoms with van der Waals surface area (Å²) >= 11 is 3.43. The molecule has 5 heteroatoms. The van der Waals surface area contributed by atoms with Crippen molar-refractivity contribution in [2.24, 2.45) is 0 Å². The summed E-state index contributed by atoms with van der Waals surface area (Å²) in [5.74, 6) is 1.81. The highest BCUT2D eigenvalue weighted by atomic mass is 79.9. The van der Waals surface area contributed by atoms with E-state index in [1.165, 1.54) is 5.56 Å². The van der Waals surface area contributed by atoms with Gasteiger partial charge in [0.25, 0.3) is 0 Å². The van der Waals surface area contributed by atoms with Gasteiger partial charge in [0.15, 0.2) is 5.82 Å². The molecule has 0 saturated carbocycles. The van der Waals surface area contributed by atoms with Crippen LogP contribution >= 0.6 is 15.9 Å². The van der Waals surface area contributed by atoms with Crippen molar-refractivity contribution in [1.29, 1.82) is 0 Å². The zero-order chi connectivity index (χ0) is 13.0. The second-order valence-electron chi connectivity index (χ2n) is 4.08. The first-order valence-electron chi connectivity index (χ1n) is 5.80. The molecule has 0 amide bonds. The topological polar surface area (TPSA) is 39.9 Å². The molecular weight excluding hydrogens is 294 g/mol. The Morgan fingerprint density at radius 1 is 1.22 bits per heavy atom. The summed E-state index contributed by atoms with van der Waals surface area (Å²) in [4.78, 5) is 0. The van der Waals surface area contributed by atoms with Crippen molar-refractivity contribution in [1.82, 2.24) is 14.8 Å². The molecule has 0 N–H and O–H groups in total. The van der Waals surface area contributed by atoms with E-state index in [1.807, 2.05) is 0 Å². The van der Waals surface area contributed by atoms with Crippen molar-refractivity contribution < 1.29 is 4.74 Å². The van der Waals surface area contributed by atoms with E-state index in [0.717, 1.165) is 23.8 Å². The number of hydrogen-bond donors (Lipinski definition) is 0. The maximum atomic E-state index is 5.13. The summed E-state index contributed by atoms with van der Waals surface area (Å²) in [6.07, 6.45) is 0. The molecule has 2 aromatic rings. The zero-order valence-corrected chi connectivity index (χ0v) is 12.1. The van der Waals surface area contributed by atoms with E-state index in [1.54, 1.807) is 7.11 Å². The van der Waals surface area contributed by atoms with Crippen molar-refractivity contribution in [2.45, 2.75) is 18.8 Å². The molecule has 0 atom stereocenters. The lowest BCUT2D eigenvalue weighted by Crippen LogP contribution is -2.09. The molecule has 0 saturated heterocycles. The molecule has 0 aliphatic carbocycles. The Morgan fingerprint density at radius 3 is 2.56 bits per heavy atom. The molecule has 0 fully saturated rings. The fourth-order valence-electron chi connectivity index (χ4n) is 1.77. The van der Waals surface area contributed by atoms with E-state index < -0.39 is 0 Å². The highest BCUT2D eigenvalue weighted by Crippen LogP contribution is 2.20. The molecule has 2 rings (SSSR count). The van der Waals surface area contributed by atoms with E-state index in [-0.39, 0.29) is 0 Å². The first kappa shape index (κ1) is 13.2. The number of halogens is 1. The Morgan fingerprint density at radius 2 is 1.94 bits per heavy atom. The van der Waals surface area contributed by atoms with Crippen LogP contribution in [0.1, 0.15) is 11.4 Å². The molecule has 1 heterocycles. The Labute approximate surface area is 115 Å². The molecular formula is C13H16BrN3O. The van der Waals surface area contributed by atoms with Gasteiger partial charge in [0.2, 0.25) is 0 Å². The second kappa shape index (κ2) is 6.11. The molecule has 0 radical (unpaired) electrons. The number of aryl methyl sites for hydroxylation is 1. The van der Waals surface area contributed by atoms with Gasteiger partial charge >= 0.3 is 0 Å². The molecule has 96 valence electrons. The van der Waals surface area contributed by atoms with Gasteiger partial charge in [-0.15, -0.1) is 10.2 Å². The monoisotopic (exact) mass is 309 g/mol. The van der Waals surface area contributed by atoms with Crippen LogP contribution in [0.2, 0.25) is 0 Å². The first-order chi connectivity index (χ1) is 8.76. The van der Waals surface area contributed by atoms with E-state index >= 15 is 0 Å². The average molecular weight is 310 g/mol. The highest BCUT2D eigenvalue weighted by molar-refractivity contribution is 9.08. The Kier molecular flexibility index (Phi) is 4.49. The number of ether oxygens (including phenoxy) is 1. The third-order valence-electron chi connectivity index (χ3n) is 2.78. The number of hydrogen-bond acceptors (Lipinski definition) is 3. The fourth-order valence-corrected chi connectivity index (χ4v) is 2.18. The predicted octanol–water partition coefficient (Wildman–Crippen LogP) is 2.79. The lowest BCUT2D eigenvalue weighted by atomic mass is 10.1. The SMILES string of the molecule is COCCn1c(CBr)nnc1-c1ccc(C)cc1. The third-order valence-corrected chi connectivity index (χ3v) is 3.28. The molecule has 4 nitrogen and oxygen atoms in total. The number of alkyl halides is 1. The standard InChI is InChI=1S/C13H16BrN3O/c1-10-3-5-11(6-4-10)13-16-15-12(9-14)17(13)7-8-18-2/h3-6H,7-9H2,1-2H3. The van der Waals surface area contributed by atoms with Crippen molar-refractivity contribution in [3.05, 3.63) is 35.7 Å². The molecule has 0 bridgehead atoms. The van der Waals surface area contributed by atoms with Gasteiger partial charge in [-0.3, -0.25) is 0 Å². The van der Waals surface area contributed by atoms with Crippen LogP contribution in [-0.4, -0.2) is 28.5 Å². The molecule has 1 aromatic carbocycles. The minimum atomic E-state index is 0.650. The van der Waals surface area contributed by atoms with E-state index in [2.05, 4.69) is 61.9 Å². The lowest BCUT2D eigenvalue weighted by molar-refractivity contribution is 0.187. The Balaban J connectivity index is 2.37. The van der Waals surface area contributed by atoms with E-state index in [4.69, 9.17) is 4.74 Å². The molecule has 0 spiro atoms. The van der Waals surface area contributed by atoms with Crippen LogP contribution in [0.15, 0.2) is 24.3 Å². The minimum absolute atomic E-state index is 0.650. The van der Waals surface area contributed by atoms with Crippen LogP contribution in [0.3, 0.4) is 0 Å². The van der Waals surface area contributed by atoms with E-state index in [0.29, 0.717) is 11.9 Å². The molecule has 0 aliphatic rings. The van der Waals surface area contributed by atoms with Gasteiger partial charge in [-0.25, -0.2) is 0 Å². The third kappa shape index (κ3) is 2.79. The van der Waals surface area contributed by atoms with Crippen LogP contribution in [0.4, 0.5) is 0 Å². The zero-order valence-electron chi connectivity index (χ0n) is 10.6. The van der Waals surface area contributed by atoms with Crippen LogP contribution in [0.25, 0.3) is 11.4 Å². The molecule has 1 aromatic heterocycles.